The Hall–Kier alpha value is -0.0600. The Morgan fingerprint density at radius 2 is 1.13 bits per heavy atom. The summed E-state index contributed by atoms with van der Waals surface area (Å²) in [6, 6.07) is 0. The predicted molar refractivity (Wildman–Crippen MR) is 98.1 cm³/mol. The summed E-state index contributed by atoms with van der Waals surface area (Å²) in [5.41, 5.74) is 0. The minimum atomic E-state index is -0.987. The molecule has 0 rings (SSSR count). The molecule has 4 nitrogen and oxygen atoms in total. The molecular weight excluding hydrogens is 301 g/mol. The monoisotopic (exact) mass is 337 g/mol. The van der Waals surface area contributed by atoms with E-state index in [2.05, 4.69) is 12.2 Å². The van der Waals surface area contributed by atoms with Crippen molar-refractivity contribution in [3.63, 3.8) is 0 Å². The normalized spacial score (nSPS) is 10.1. The molecule has 2 N–H and O–H groups in total. The Balaban J connectivity index is 0. The fourth-order valence-electron chi connectivity index (χ4n) is 2.57. The molecule has 0 aliphatic rings. The minimum absolute atomic E-state index is 0. The maximum atomic E-state index is 11.3. The average molecular weight is 337 g/mol. The first-order valence-corrected chi connectivity index (χ1v) is 9.15. The van der Waals surface area contributed by atoms with E-state index in [1.54, 1.807) is 0 Å². The number of hydrogen-bond donors (Lipinski definition) is 2. The first-order valence-electron chi connectivity index (χ1n) is 9.15. The average Bonchev–Trinajstić information content (AvgIpc) is 2.49. The fraction of sp³-hybridized carbons (Fsp3) is 0.889. The van der Waals surface area contributed by atoms with Gasteiger partial charge in [-0.15, -0.1) is 0 Å². The molecule has 0 radical (unpaired) electrons. The third-order valence-corrected chi connectivity index (χ3v) is 3.94. The number of hydrogen-bond acceptors (Lipinski definition) is 2. The predicted octanol–water partition coefficient (Wildman–Crippen LogP) is 4.02. The first kappa shape index (κ1) is 25.2. The van der Waals surface area contributed by atoms with Crippen LogP contribution in [0.4, 0.5) is 0 Å². The number of nitrogens with one attached hydrogen (secondary N) is 1. The molecular formula is C18H36NNaO3. The molecule has 0 aromatic carbocycles. The van der Waals surface area contributed by atoms with Gasteiger partial charge in [0.1, 0.15) is 6.54 Å². The quantitative estimate of drug-likeness (QED) is 0.330. The molecule has 0 aromatic rings. The number of rotatable bonds is 16. The van der Waals surface area contributed by atoms with E-state index in [0.717, 1.165) is 12.8 Å². The Kier molecular flexibility index (Phi) is 21.9. The summed E-state index contributed by atoms with van der Waals surface area (Å²) in [5, 5.41) is 10.8. The zero-order valence-corrected chi connectivity index (χ0v) is 14.4. The molecule has 23 heavy (non-hydrogen) atoms. The molecule has 0 atom stereocenters. The van der Waals surface area contributed by atoms with Crippen molar-refractivity contribution < 1.29 is 14.7 Å². The third-order valence-electron chi connectivity index (χ3n) is 3.94. The molecule has 0 aliphatic carbocycles. The topological polar surface area (TPSA) is 66.4 Å². The van der Waals surface area contributed by atoms with E-state index in [-0.39, 0.29) is 42.0 Å². The Labute approximate surface area is 164 Å². The van der Waals surface area contributed by atoms with Gasteiger partial charge in [-0.05, 0) is 6.42 Å². The molecule has 0 heterocycles. The van der Waals surface area contributed by atoms with Crippen LogP contribution < -0.4 is 5.32 Å². The van der Waals surface area contributed by atoms with Gasteiger partial charge in [0, 0.05) is 6.42 Å². The van der Waals surface area contributed by atoms with Crippen LogP contribution in [0.2, 0.25) is 0 Å². The van der Waals surface area contributed by atoms with E-state index in [4.69, 9.17) is 5.11 Å². The zero-order chi connectivity index (χ0) is 16.5. The second-order valence-electron chi connectivity index (χ2n) is 6.16. The van der Waals surface area contributed by atoms with Gasteiger partial charge in [0.25, 0.3) is 0 Å². The van der Waals surface area contributed by atoms with Crippen molar-refractivity contribution in [1.82, 2.24) is 5.32 Å². The van der Waals surface area contributed by atoms with Gasteiger partial charge in [-0.1, -0.05) is 84.0 Å². The van der Waals surface area contributed by atoms with Gasteiger partial charge < -0.3 is 10.4 Å². The number of amides is 1. The zero-order valence-electron chi connectivity index (χ0n) is 14.4. The number of aliphatic carboxylic acids is 1. The van der Waals surface area contributed by atoms with Crippen molar-refractivity contribution in [2.75, 3.05) is 6.54 Å². The molecule has 0 fully saturated rings. The van der Waals surface area contributed by atoms with Crippen molar-refractivity contribution in [2.24, 2.45) is 0 Å². The molecule has 0 aliphatic heterocycles. The summed E-state index contributed by atoms with van der Waals surface area (Å²) in [6.45, 7) is 1.99. The van der Waals surface area contributed by atoms with Crippen LogP contribution in [0.15, 0.2) is 0 Å². The van der Waals surface area contributed by atoms with Crippen molar-refractivity contribution >= 4 is 41.4 Å². The van der Waals surface area contributed by atoms with E-state index < -0.39 is 5.97 Å². The summed E-state index contributed by atoms with van der Waals surface area (Å²) in [4.78, 5) is 21.6. The molecule has 5 heteroatoms. The van der Waals surface area contributed by atoms with Crippen molar-refractivity contribution in [1.29, 1.82) is 0 Å². The number of carboxylic acid groups (broad SMARTS) is 1. The van der Waals surface area contributed by atoms with Gasteiger partial charge in [-0.2, -0.15) is 0 Å². The summed E-state index contributed by atoms with van der Waals surface area (Å²) in [7, 11) is 0. The van der Waals surface area contributed by atoms with Crippen molar-refractivity contribution in [3.8, 4) is 0 Å². The standard InChI is InChI=1S/C18H35NO3.Na.H/c1-2-3-4-5-6-7-8-9-10-11-12-13-14-15-17(20)19-16-18(21)22;;/h2-16H2,1H3,(H,19,20)(H,21,22);;. The molecule has 132 valence electrons. The van der Waals surface area contributed by atoms with E-state index >= 15 is 0 Å². The van der Waals surface area contributed by atoms with Crippen LogP contribution in [-0.2, 0) is 9.59 Å². The second-order valence-corrected chi connectivity index (χ2v) is 6.16. The SMILES string of the molecule is CCCCCCCCCCCCCCCC(=O)NCC(=O)O.[NaH]. The van der Waals surface area contributed by atoms with Crippen LogP contribution in [-0.4, -0.2) is 53.1 Å². The number of carbonyl (C=O) groups is 2. The molecule has 0 unspecified atom stereocenters. The fourth-order valence-corrected chi connectivity index (χ4v) is 2.57. The number of carboxylic acids is 1. The maximum absolute atomic E-state index is 11.3. The van der Waals surface area contributed by atoms with Crippen molar-refractivity contribution in [2.45, 2.75) is 96.8 Å². The van der Waals surface area contributed by atoms with E-state index in [0.29, 0.717) is 6.42 Å². The number of carbonyl (C=O) groups excluding carboxylic acids is 1. The van der Waals surface area contributed by atoms with Gasteiger partial charge in [-0.25, -0.2) is 0 Å². The molecule has 0 aromatic heterocycles. The molecule has 0 bridgehead atoms. The van der Waals surface area contributed by atoms with Gasteiger partial charge >= 0.3 is 35.5 Å². The van der Waals surface area contributed by atoms with Gasteiger partial charge in [0.15, 0.2) is 0 Å². The van der Waals surface area contributed by atoms with Gasteiger partial charge in [0.05, 0.1) is 0 Å². The summed E-state index contributed by atoms with van der Waals surface area (Å²) >= 11 is 0. The van der Waals surface area contributed by atoms with E-state index in [1.165, 1.54) is 70.6 Å². The van der Waals surface area contributed by atoms with E-state index in [1.807, 2.05) is 0 Å². The Morgan fingerprint density at radius 3 is 1.52 bits per heavy atom. The molecule has 1 amide bonds. The van der Waals surface area contributed by atoms with Crippen LogP contribution in [0, 0.1) is 0 Å². The van der Waals surface area contributed by atoms with Crippen LogP contribution in [0.25, 0.3) is 0 Å². The van der Waals surface area contributed by atoms with Crippen LogP contribution >= 0.6 is 0 Å². The van der Waals surface area contributed by atoms with Crippen LogP contribution in [0.5, 0.6) is 0 Å². The Morgan fingerprint density at radius 1 is 0.739 bits per heavy atom. The second kappa shape index (κ2) is 20.0. The third kappa shape index (κ3) is 21.9. The Bertz CT molecular complexity index is 285. The van der Waals surface area contributed by atoms with Crippen LogP contribution in [0.1, 0.15) is 96.8 Å². The number of unbranched alkanes of at least 4 members (excludes halogenated alkanes) is 12. The summed E-state index contributed by atoms with van der Waals surface area (Å²) < 4.78 is 0. The first-order chi connectivity index (χ1) is 10.7. The molecule has 0 saturated heterocycles. The van der Waals surface area contributed by atoms with Crippen LogP contribution in [0.3, 0.4) is 0 Å². The molecule has 0 spiro atoms. The van der Waals surface area contributed by atoms with Crippen molar-refractivity contribution in [3.05, 3.63) is 0 Å². The molecule has 0 saturated carbocycles. The summed E-state index contributed by atoms with van der Waals surface area (Å²) in [5.74, 6) is -1.14. The van der Waals surface area contributed by atoms with Gasteiger partial charge in [0.2, 0.25) is 5.91 Å². The van der Waals surface area contributed by atoms with E-state index in [9.17, 15) is 9.59 Å². The van der Waals surface area contributed by atoms with Gasteiger partial charge in [-0.3, -0.25) is 9.59 Å². The summed E-state index contributed by atoms with van der Waals surface area (Å²) in [6.07, 6.45) is 17.1.